The van der Waals surface area contributed by atoms with Gasteiger partial charge in [-0.05, 0) is 86.6 Å². The van der Waals surface area contributed by atoms with Crippen LogP contribution in [0.4, 0.5) is 0 Å². The number of hydrogen-bond donors (Lipinski definition) is 0. The SMILES string of the molecule is CC#Cc1cc(C)c(C2C(=O)CC3(CCN(C(=O)C(=O)CC4CCC4)CC3)CC2=O)c(C)c1. The molecular weight excluding hydrogens is 414 g/mol. The summed E-state index contributed by atoms with van der Waals surface area (Å²) in [6, 6.07) is 3.91. The lowest BCUT2D eigenvalue weighted by molar-refractivity contribution is -0.148. The highest BCUT2D eigenvalue weighted by Gasteiger charge is 2.48. The van der Waals surface area contributed by atoms with E-state index in [-0.39, 0.29) is 28.7 Å². The summed E-state index contributed by atoms with van der Waals surface area (Å²) in [5.41, 5.74) is 3.21. The summed E-state index contributed by atoms with van der Waals surface area (Å²) in [6.07, 6.45) is 5.51. The number of Topliss-reactive ketones (excluding diaryl/α,β-unsaturated/α-hetero) is 3. The summed E-state index contributed by atoms with van der Waals surface area (Å²) >= 11 is 0. The lowest BCUT2D eigenvalue weighted by Gasteiger charge is -2.44. The quantitative estimate of drug-likeness (QED) is 0.396. The molecule has 0 aromatic heterocycles. The highest BCUT2D eigenvalue weighted by molar-refractivity contribution is 6.36. The molecule has 1 saturated heterocycles. The number of benzene rings is 1. The molecule has 1 amide bonds. The normalized spacial score (nSPS) is 20.9. The van der Waals surface area contributed by atoms with Crippen molar-refractivity contribution >= 4 is 23.3 Å². The van der Waals surface area contributed by atoms with E-state index in [1.54, 1.807) is 11.8 Å². The van der Waals surface area contributed by atoms with Crippen molar-refractivity contribution in [1.29, 1.82) is 0 Å². The molecule has 3 aliphatic rings. The van der Waals surface area contributed by atoms with E-state index in [1.165, 1.54) is 0 Å². The molecule has 174 valence electrons. The summed E-state index contributed by atoms with van der Waals surface area (Å²) in [7, 11) is 0. The van der Waals surface area contributed by atoms with E-state index in [0.29, 0.717) is 51.1 Å². The predicted molar refractivity (Wildman–Crippen MR) is 126 cm³/mol. The molecule has 1 aromatic carbocycles. The summed E-state index contributed by atoms with van der Waals surface area (Å²) in [5.74, 6) is 4.90. The summed E-state index contributed by atoms with van der Waals surface area (Å²) in [6.45, 7) is 6.57. The maximum Gasteiger partial charge on any atom is 0.289 e. The zero-order valence-corrected chi connectivity index (χ0v) is 20.0. The average Bonchev–Trinajstić information content (AvgIpc) is 2.72. The number of piperidine rings is 1. The first-order valence-corrected chi connectivity index (χ1v) is 12.1. The van der Waals surface area contributed by atoms with Crippen LogP contribution >= 0.6 is 0 Å². The number of amides is 1. The van der Waals surface area contributed by atoms with Crippen molar-refractivity contribution in [2.24, 2.45) is 11.3 Å². The number of carbonyl (C=O) groups excluding carboxylic acids is 4. The Morgan fingerprint density at radius 2 is 1.61 bits per heavy atom. The van der Waals surface area contributed by atoms with Crippen LogP contribution in [-0.4, -0.2) is 41.2 Å². The highest BCUT2D eigenvalue weighted by Crippen LogP contribution is 2.46. The third-order valence-corrected chi connectivity index (χ3v) is 7.94. The number of likely N-dealkylation sites (tertiary alicyclic amines) is 1. The first-order chi connectivity index (χ1) is 15.7. The number of carbonyl (C=O) groups is 4. The van der Waals surface area contributed by atoms with E-state index in [1.807, 2.05) is 26.0 Å². The number of ketones is 3. The van der Waals surface area contributed by atoms with Gasteiger partial charge in [0.15, 0.2) is 0 Å². The monoisotopic (exact) mass is 447 g/mol. The molecule has 5 nitrogen and oxygen atoms in total. The van der Waals surface area contributed by atoms with Crippen LogP contribution in [0.5, 0.6) is 0 Å². The van der Waals surface area contributed by atoms with Crippen LogP contribution in [0.1, 0.15) is 86.5 Å². The number of aryl methyl sites for hydroxylation is 2. The first kappa shape index (κ1) is 23.4. The first-order valence-electron chi connectivity index (χ1n) is 12.1. The zero-order valence-electron chi connectivity index (χ0n) is 20.0. The molecule has 33 heavy (non-hydrogen) atoms. The zero-order chi connectivity index (χ0) is 23.8. The van der Waals surface area contributed by atoms with Gasteiger partial charge in [-0.25, -0.2) is 0 Å². The Kier molecular flexibility index (Phi) is 6.56. The molecule has 0 N–H and O–H groups in total. The van der Waals surface area contributed by atoms with Crippen molar-refractivity contribution in [3.05, 3.63) is 34.4 Å². The van der Waals surface area contributed by atoms with E-state index in [9.17, 15) is 19.2 Å². The molecule has 0 radical (unpaired) electrons. The van der Waals surface area contributed by atoms with Crippen LogP contribution in [0.2, 0.25) is 0 Å². The number of rotatable bonds is 4. The maximum absolute atomic E-state index is 13.3. The van der Waals surface area contributed by atoms with Gasteiger partial charge in [0.05, 0.1) is 0 Å². The van der Waals surface area contributed by atoms with Crippen LogP contribution in [0.15, 0.2) is 12.1 Å². The van der Waals surface area contributed by atoms with Crippen molar-refractivity contribution in [3.8, 4) is 11.8 Å². The Balaban J connectivity index is 1.43. The molecule has 0 atom stereocenters. The van der Waals surface area contributed by atoms with Gasteiger partial charge in [0, 0.05) is 37.9 Å². The lowest BCUT2D eigenvalue weighted by Crippen LogP contribution is -2.50. The van der Waals surface area contributed by atoms with E-state index in [4.69, 9.17) is 0 Å². The molecule has 1 aliphatic heterocycles. The fourth-order valence-electron chi connectivity index (χ4n) is 5.91. The summed E-state index contributed by atoms with van der Waals surface area (Å²) < 4.78 is 0. The van der Waals surface area contributed by atoms with E-state index in [2.05, 4.69) is 11.8 Å². The fourth-order valence-corrected chi connectivity index (χ4v) is 5.91. The second kappa shape index (κ2) is 9.25. The largest absolute Gasteiger partial charge is 0.336 e. The molecule has 1 heterocycles. The molecule has 2 saturated carbocycles. The van der Waals surface area contributed by atoms with Gasteiger partial charge < -0.3 is 4.90 Å². The lowest BCUT2D eigenvalue weighted by atomic mass is 9.62. The molecule has 1 aromatic rings. The van der Waals surface area contributed by atoms with Gasteiger partial charge in [0.2, 0.25) is 5.78 Å². The van der Waals surface area contributed by atoms with Gasteiger partial charge in [-0.2, -0.15) is 0 Å². The third kappa shape index (κ3) is 4.67. The Labute approximate surface area is 196 Å². The molecule has 1 spiro atoms. The van der Waals surface area contributed by atoms with Crippen LogP contribution in [0, 0.1) is 37.0 Å². The Hall–Kier alpha value is -2.74. The molecular formula is C28H33NO4. The Morgan fingerprint density at radius 1 is 1.03 bits per heavy atom. The van der Waals surface area contributed by atoms with Gasteiger partial charge in [0.1, 0.15) is 17.5 Å². The van der Waals surface area contributed by atoms with E-state index in [0.717, 1.165) is 41.5 Å². The molecule has 3 fully saturated rings. The third-order valence-electron chi connectivity index (χ3n) is 7.94. The minimum Gasteiger partial charge on any atom is -0.336 e. The fraction of sp³-hybridized carbons (Fsp3) is 0.571. The minimum absolute atomic E-state index is 0.0207. The van der Waals surface area contributed by atoms with Gasteiger partial charge >= 0.3 is 0 Å². The van der Waals surface area contributed by atoms with Gasteiger partial charge in [-0.15, -0.1) is 5.92 Å². The average molecular weight is 448 g/mol. The van der Waals surface area contributed by atoms with E-state index < -0.39 is 5.92 Å². The van der Waals surface area contributed by atoms with Gasteiger partial charge in [0.25, 0.3) is 5.91 Å². The molecule has 2 aliphatic carbocycles. The van der Waals surface area contributed by atoms with Crippen LogP contribution in [0.25, 0.3) is 0 Å². The second-order valence-corrected chi connectivity index (χ2v) is 10.3. The maximum atomic E-state index is 13.3. The van der Waals surface area contributed by atoms with Crippen molar-refractivity contribution in [1.82, 2.24) is 4.90 Å². The van der Waals surface area contributed by atoms with Gasteiger partial charge in [-0.3, -0.25) is 19.2 Å². The number of hydrogen-bond acceptors (Lipinski definition) is 4. The van der Waals surface area contributed by atoms with E-state index >= 15 is 0 Å². The summed E-state index contributed by atoms with van der Waals surface area (Å²) in [5, 5.41) is 0. The van der Waals surface area contributed by atoms with Crippen molar-refractivity contribution in [3.63, 3.8) is 0 Å². The predicted octanol–water partition coefficient (Wildman–Crippen LogP) is 4.06. The van der Waals surface area contributed by atoms with Crippen molar-refractivity contribution in [2.45, 2.75) is 78.1 Å². The highest BCUT2D eigenvalue weighted by atomic mass is 16.2. The van der Waals surface area contributed by atoms with Crippen LogP contribution in [0.3, 0.4) is 0 Å². The molecule has 0 unspecified atom stereocenters. The Morgan fingerprint density at radius 3 is 2.09 bits per heavy atom. The van der Waals surface area contributed by atoms with Crippen molar-refractivity contribution in [2.75, 3.05) is 13.1 Å². The van der Waals surface area contributed by atoms with Crippen molar-refractivity contribution < 1.29 is 19.2 Å². The molecule has 4 rings (SSSR count). The minimum atomic E-state index is -0.706. The molecule has 5 heteroatoms. The second-order valence-electron chi connectivity index (χ2n) is 10.3. The van der Waals surface area contributed by atoms with Crippen LogP contribution < -0.4 is 0 Å². The smallest absolute Gasteiger partial charge is 0.289 e. The standard InChI is InChI=1S/C28H33NO4/c1-4-6-21-13-18(2)25(19(3)14-21)26-23(31)16-28(17-24(26)32)9-11-29(12-10-28)27(33)22(30)15-20-7-5-8-20/h13-14,20,26H,5,7-12,15-17H2,1-3H3. The Bertz CT molecular complexity index is 1020. The van der Waals surface area contributed by atoms with Gasteiger partial charge in [-0.1, -0.05) is 12.3 Å². The topological polar surface area (TPSA) is 71.5 Å². The van der Waals surface area contributed by atoms with Crippen LogP contribution in [-0.2, 0) is 19.2 Å². The molecule has 0 bridgehead atoms. The number of nitrogens with zero attached hydrogens (tertiary/aromatic N) is 1. The summed E-state index contributed by atoms with van der Waals surface area (Å²) in [4.78, 5) is 53.2.